The van der Waals surface area contributed by atoms with Gasteiger partial charge in [0.1, 0.15) is 12.6 Å². The SMILES string of the molecule is NC(O)C(=O)C(C[C@@H]1CCNC1=O)NC(=O)[C@H](CC1CC1)NC(=O)OCc1ccccc1. The molecule has 1 aliphatic carbocycles. The van der Waals surface area contributed by atoms with Gasteiger partial charge in [0.2, 0.25) is 11.8 Å². The second-order valence-electron chi connectivity index (χ2n) is 8.36. The van der Waals surface area contributed by atoms with E-state index in [1.54, 1.807) is 0 Å². The van der Waals surface area contributed by atoms with Gasteiger partial charge in [-0.25, -0.2) is 4.79 Å². The van der Waals surface area contributed by atoms with Gasteiger partial charge in [0.05, 0.1) is 6.04 Å². The van der Waals surface area contributed by atoms with Crippen LogP contribution in [0.3, 0.4) is 0 Å². The van der Waals surface area contributed by atoms with Crippen LogP contribution in [0.5, 0.6) is 0 Å². The lowest BCUT2D eigenvalue weighted by Gasteiger charge is -2.24. The molecule has 10 heteroatoms. The Hall–Kier alpha value is -2.98. The van der Waals surface area contributed by atoms with Crippen molar-refractivity contribution in [1.82, 2.24) is 16.0 Å². The van der Waals surface area contributed by atoms with Crippen LogP contribution in [0.15, 0.2) is 30.3 Å². The standard InChI is InChI=1S/C22H30N4O6/c23-19(28)18(27)16(11-15-8-9-24-20(15)29)25-21(30)17(10-13-6-7-13)26-22(31)32-12-14-4-2-1-3-5-14/h1-5,13,15-17,19,28H,6-12,23H2,(H,24,29)(H,25,30)(H,26,31)/t15-,16?,17-,19?/m0/s1. The summed E-state index contributed by atoms with van der Waals surface area (Å²) in [7, 11) is 0. The van der Waals surface area contributed by atoms with Gasteiger partial charge in [-0.1, -0.05) is 43.2 Å². The minimum absolute atomic E-state index is 0.0271. The van der Waals surface area contributed by atoms with Crippen LogP contribution in [0.2, 0.25) is 0 Å². The number of hydrogen-bond donors (Lipinski definition) is 5. The van der Waals surface area contributed by atoms with Crippen LogP contribution in [0.25, 0.3) is 0 Å². The fraction of sp³-hybridized carbons (Fsp3) is 0.545. The minimum atomic E-state index is -1.78. The number of nitrogens with one attached hydrogen (secondary N) is 3. The summed E-state index contributed by atoms with van der Waals surface area (Å²) in [4.78, 5) is 49.5. The number of ether oxygens (including phenoxy) is 1. The Morgan fingerprint density at radius 1 is 1.09 bits per heavy atom. The molecule has 1 aromatic rings. The van der Waals surface area contributed by atoms with Crippen molar-refractivity contribution >= 4 is 23.7 Å². The fourth-order valence-corrected chi connectivity index (χ4v) is 3.70. The maximum atomic E-state index is 13.0. The fourth-order valence-electron chi connectivity index (χ4n) is 3.70. The second kappa shape index (κ2) is 11.1. The molecule has 2 aliphatic rings. The Labute approximate surface area is 186 Å². The molecule has 10 nitrogen and oxygen atoms in total. The number of amides is 3. The lowest BCUT2D eigenvalue weighted by atomic mass is 9.94. The Balaban J connectivity index is 1.61. The zero-order valence-electron chi connectivity index (χ0n) is 17.8. The van der Waals surface area contributed by atoms with E-state index in [-0.39, 0.29) is 18.9 Å². The van der Waals surface area contributed by atoms with Gasteiger partial charge in [0.25, 0.3) is 0 Å². The normalized spacial score (nSPS) is 20.6. The quantitative estimate of drug-likeness (QED) is 0.298. The number of hydrogen-bond acceptors (Lipinski definition) is 7. The van der Waals surface area contributed by atoms with Crippen LogP contribution in [0.1, 0.15) is 37.7 Å². The molecule has 2 unspecified atom stereocenters. The van der Waals surface area contributed by atoms with Crippen LogP contribution in [0, 0.1) is 11.8 Å². The monoisotopic (exact) mass is 446 g/mol. The number of benzene rings is 1. The molecule has 1 heterocycles. The lowest BCUT2D eigenvalue weighted by Crippen LogP contribution is -2.55. The predicted octanol–water partition coefficient (Wildman–Crippen LogP) is -0.0613. The molecule has 0 spiro atoms. The Morgan fingerprint density at radius 3 is 2.41 bits per heavy atom. The summed E-state index contributed by atoms with van der Waals surface area (Å²) in [5.74, 6) is -1.73. The molecule has 6 N–H and O–H groups in total. The number of Topliss-reactive ketones (excluding diaryl/α,β-unsaturated/α-hetero) is 1. The zero-order valence-corrected chi connectivity index (χ0v) is 17.8. The Morgan fingerprint density at radius 2 is 1.81 bits per heavy atom. The van der Waals surface area contributed by atoms with Crippen molar-refractivity contribution in [3.63, 3.8) is 0 Å². The number of aliphatic hydroxyl groups excluding tert-OH is 1. The Kier molecular flexibility index (Phi) is 8.18. The molecule has 3 rings (SSSR count). The molecule has 0 aromatic heterocycles. The van der Waals surface area contributed by atoms with E-state index in [1.807, 2.05) is 30.3 Å². The van der Waals surface area contributed by atoms with Crippen LogP contribution in [-0.2, 0) is 25.7 Å². The van der Waals surface area contributed by atoms with Crippen LogP contribution < -0.4 is 21.7 Å². The van der Waals surface area contributed by atoms with Crippen LogP contribution in [-0.4, -0.2) is 53.7 Å². The third-order valence-electron chi connectivity index (χ3n) is 5.72. The van der Waals surface area contributed by atoms with Crippen molar-refractivity contribution in [2.75, 3.05) is 6.54 Å². The van der Waals surface area contributed by atoms with Crippen molar-refractivity contribution in [2.45, 2.75) is 57.0 Å². The number of carbonyl (C=O) groups excluding carboxylic acids is 4. The average molecular weight is 447 g/mol. The Bertz CT molecular complexity index is 827. The van der Waals surface area contributed by atoms with E-state index in [1.165, 1.54) is 0 Å². The number of nitrogens with two attached hydrogens (primary N) is 1. The van der Waals surface area contributed by atoms with E-state index in [9.17, 15) is 24.3 Å². The van der Waals surface area contributed by atoms with Gasteiger partial charge >= 0.3 is 6.09 Å². The third kappa shape index (κ3) is 7.03. The van der Waals surface area contributed by atoms with E-state index < -0.39 is 42.0 Å². The van der Waals surface area contributed by atoms with Gasteiger partial charge in [-0.3, -0.25) is 20.1 Å². The molecule has 4 atom stereocenters. The first kappa shape index (κ1) is 23.7. The van der Waals surface area contributed by atoms with Crippen molar-refractivity contribution in [2.24, 2.45) is 17.6 Å². The summed E-state index contributed by atoms with van der Waals surface area (Å²) in [6, 6.07) is 7.09. The minimum Gasteiger partial charge on any atom is -0.445 e. The lowest BCUT2D eigenvalue weighted by molar-refractivity contribution is -0.134. The first-order valence-corrected chi connectivity index (χ1v) is 10.9. The molecule has 0 bridgehead atoms. The topological polar surface area (TPSA) is 160 Å². The number of ketones is 1. The summed E-state index contributed by atoms with van der Waals surface area (Å²) in [5.41, 5.74) is 6.14. The van der Waals surface area contributed by atoms with E-state index >= 15 is 0 Å². The van der Waals surface area contributed by atoms with Crippen molar-refractivity contribution in [3.05, 3.63) is 35.9 Å². The highest BCUT2D eigenvalue weighted by Gasteiger charge is 2.36. The van der Waals surface area contributed by atoms with E-state index in [4.69, 9.17) is 10.5 Å². The molecule has 1 saturated heterocycles. The van der Waals surface area contributed by atoms with Crippen LogP contribution >= 0.6 is 0 Å². The maximum Gasteiger partial charge on any atom is 0.408 e. The smallest absolute Gasteiger partial charge is 0.408 e. The summed E-state index contributed by atoms with van der Waals surface area (Å²) >= 11 is 0. The maximum absolute atomic E-state index is 13.0. The molecular weight excluding hydrogens is 416 g/mol. The number of alkyl carbamates (subject to hydrolysis) is 1. The number of aliphatic hydroxyl groups is 1. The molecule has 3 amide bonds. The number of carbonyl (C=O) groups is 4. The third-order valence-corrected chi connectivity index (χ3v) is 5.72. The van der Waals surface area contributed by atoms with Gasteiger partial charge in [0, 0.05) is 12.5 Å². The summed E-state index contributed by atoms with van der Waals surface area (Å²) < 4.78 is 5.21. The average Bonchev–Trinajstić information content (AvgIpc) is 3.51. The number of rotatable bonds is 11. The molecule has 1 aliphatic heterocycles. The molecule has 0 radical (unpaired) electrons. The highest BCUT2D eigenvalue weighted by Crippen LogP contribution is 2.33. The van der Waals surface area contributed by atoms with E-state index in [0.717, 1.165) is 18.4 Å². The van der Waals surface area contributed by atoms with Gasteiger partial charge in [-0.15, -0.1) is 0 Å². The van der Waals surface area contributed by atoms with Crippen molar-refractivity contribution in [1.29, 1.82) is 0 Å². The summed E-state index contributed by atoms with van der Waals surface area (Å²) in [5, 5.41) is 17.4. The molecule has 1 saturated carbocycles. The highest BCUT2D eigenvalue weighted by molar-refractivity contribution is 5.94. The van der Waals surface area contributed by atoms with E-state index in [2.05, 4.69) is 16.0 Å². The molecule has 174 valence electrons. The largest absolute Gasteiger partial charge is 0.445 e. The molecule has 2 fully saturated rings. The molecule has 1 aromatic carbocycles. The molecular formula is C22H30N4O6. The molecule has 32 heavy (non-hydrogen) atoms. The first-order chi connectivity index (χ1) is 15.3. The van der Waals surface area contributed by atoms with Crippen molar-refractivity contribution in [3.8, 4) is 0 Å². The second-order valence-corrected chi connectivity index (χ2v) is 8.36. The van der Waals surface area contributed by atoms with Gasteiger partial charge < -0.3 is 25.8 Å². The van der Waals surface area contributed by atoms with E-state index in [0.29, 0.717) is 25.3 Å². The zero-order chi connectivity index (χ0) is 23.1. The highest BCUT2D eigenvalue weighted by atomic mass is 16.5. The van der Waals surface area contributed by atoms with Gasteiger partial charge in [-0.05, 0) is 30.7 Å². The van der Waals surface area contributed by atoms with Crippen molar-refractivity contribution < 1.29 is 29.0 Å². The summed E-state index contributed by atoms with van der Waals surface area (Å²) in [6.45, 7) is 0.546. The van der Waals surface area contributed by atoms with Gasteiger partial charge in [-0.2, -0.15) is 0 Å². The summed E-state index contributed by atoms with van der Waals surface area (Å²) in [6.07, 6.45) is 0.339. The first-order valence-electron chi connectivity index (χ1n) is 10.9. The van der Waals surface area contributed by atoms with Gasteiger partial charge in [0.15, 0.2) is 12.0 Å². The predicted molar refractivity (Wildman–Crippen MR) is 114 cm³/mol. The van der Waals surface area contributed by atoms with Crippen LogP contribution in [0.4, 0.5) is 4.79 Å².